The van der Waals surface area contributed by atoms with E-state index in [0.29, 0.717) is 0 Å². The minimum absolute atomic E-state index is 0. The van der Waals surface area contributed by atoms with Crippen molar-refractivity contribution in [3.8, 4) is 0 Å². The van der Waals surface area contributed by atoms with E-state index < -0.39 is 0 Å². The van der Waals surface area contributed by atoms with Crippen LogP contribution in [-0.2, 0) is 0 Å². The van der Waals surface area contributed by atoms with Gasteiger partial charge in [0, 0.05) is 6.92 Å². The van der Waals surface area contributed by atoms with Gasteiger partial charge in [-0.05, 0) is 13.8 Å². The molecule has 9 heavy (non-hydrogen) atoms. The third-order valence-corrected chi connectivity index (χ3v) is 1.14. The Labute approximate surface area is 54.7 Å². The first-order valence-electron chi connectivity index (χ1n) is 2.61. The first-order valence-corrected chi connectivity index (χ1v) is 2.61. The average molecular weight is 128 g/mol. The van der Waals surface area contributed by atoms with Gasteiger partial charge in [-0.15, -0.1) is 0 Å². The monoisotopic (exact) mass is 128 g/mol. The maximum Gasteiger partial charge on any atom is 0.191 e. The van der Waals surface area contributed by atoms with E-state index in [1.807, 2.05) is 20.8 Å². The molecule has 0 atom stereocenters. The lowest BCUT2D eigenvalue weighted by atomic mass is 10.4. The Balaban J connectivity index is 0.000000640. The summed E-state index contributed by atoms with van der Waals surface area (Å²) >= 11 is 0. The van der Waals surface area contributed by atoms with E-state index in [1.54, 1.807) is 0 Å². The molecule has 0 saturated carbocycles. The molecule has 0 fully saturated rings. The standard InChI is InChI=1S/C6H9NO.H3N/c1-4-5(2)8-6(3)7-4;/h1-3H3;1H3. The summed E-state index contributed by atoms with van der Waals surface area (Å²) in [5.74, 6) is 1.67. The van der Waals surface area contributed by atoms with Crippen molar-refractivity contribution in [3.05, 3.63) is 17.3 Å². The number of hydrogen-bond donors (Lipinski definition) is 1. The highest BCUT2D eigenvalue weighted by atomic mass is 16.4. The predicted molar refractivity (Wildman–Crippen MR) is 35.7 cm³/mol. The van der Waals surface area contributed by atoms with E-state index in [4.69, 9.17) is 4.42 Å². The van der Waals surface area contributed by atoms with E-state index in [9.17, 15) is 0 Å². The van der Waals surface area contributed by atoms with Gasteiger partial charge in [0.25, 0.3) is 0 Å². The van der Waals surface area contributed by atoms with Crippen LogP contribution in [0, 0.1) is 20.8 Å². The van der Waals surface area contributed by atoms with E-state index in [2.05, 4.69) is 4.98 Å². The van der Waals surface area contributed by atoms with Crippen molar-refractivity contribution < 1.29 is 4.42 Å². The van der Waals surface area contributed by atoms with Gasteiger partial charge in [0.05, 0.1) is 5.69 Å². The lowest BCUT2D eigenvalue weighted by Gasteiger charge is -1.77. The molecule has 0 bridgehead atoms. The van der Waals surface area contributed by atoms with Crippen molar-refractivity contribution in [2.75, 3.05) is 0 Å². The van der Waals surface area contributed by atoms with Crippen LogP contribution in [0.1, 0.15) is 17.3 Å². The molecule has 1 heterocycles. The van der Waals surface area contributed by atoms with Crippen LogP contribution in [-0.4, -0.2) is 4.98 Å². The number of hydrogen-bond acceptors (Lipinski definition) is 3. The number of nitrogens with zero attached hydrogens (tertiary/aromatic N) is 1. The molecule has 3 N–H and O–H groups in total. The van der Waals surface area contributed by atoms with Gasteiger partial charge in [0.15, 0.2) is 5.89 Å². The largest absolute Gasteiger partial charge is 0.446 e. The fourth-order valence-electron chi connectivity index (χ4n) is 0.633. The molecule has 52 valence electrons. The molecule has 0 aromatic carbocycles. The smallest absolute Gasteiger partial charge is 0.191 e. The SMILES string of the molecule is Cc1nc(C)c(C)o1.N. The Morgan fingerprint density at radius 3 is 1.89 bits per heavy atom. The van der Waals surface area contributed by atoms with Crippen LogP contribution < -0.4 is 6.15 Å². The van der Waals surface area contributed by atoms with E-state index >= 15 is 0 Å². The van der Waals surface area contributed by atoms with Crippen molar-refractivity contribution in [1.29, 1.82) is 0 Å². The molecular weight excluding hydrogens is 116 g/mol. The molecule has 0 radical (unpaired) electrons. The summed E-state index contributed by atoms with van der Waals surface area (Å²) in [6.07, 6.45) is 0. The van der Waals surface area contributed by atoms with Crippen molar-refractivity contribution in [2.24, 2.45) is 0 Å². The number of rotatable bonds is 0. The second-order valence-electron chi connectivity index (χ2n) is 1.87. The summed E-state index contributed by atoms with van der Waals surface area (Å²) < 4.78 is 5.10. The predicted octanol–water partition coefficient (Wildman–Crippen LogP) is 1.76. The first kappa shape index (κ1) is 8.17. The molecule has 0 saturated heterocycles. The molecule has 3 heteroatoms. The maximum atomic E-state index is 5.10. The van der Waals surface area contributed by atoms with Crippen LogP contribution in [0.4, 0.5) is 0 Å². The maximum absolute atomic E-state index is 5.10. The molecule has 0 spiro atoms. The van der Waals surface area contributed by atoms with Gasteiger partial charge in [-0.2, -0.15) is 0 Å². The lowest BCUT2D eigenvalue weighted by molar-refractivity contribution is 0.493. The van der Waals surface area contributed by atoms with Gasteiger partial charge in [-0.25, -0.2) is 4.98 Å². The first-order chi connectivity index (χ1) is 3.70. The van der Waals surface area contributed by atoms with Crippen LogP contribution in [0.2, 0.25) is 0 Å². The molecule has 3 nitrogen and oxygen atoms in total. The second kappa shape index (κ2) is 2.64. The average Bonchev–Trinajstić information content (AvgIpc) is 1.85. The van der Waals surface area contributed by atoms with Gasteiger partial charge in [0.2, 0.25) is 0 Å². The van der Waals surface area contributed by atoms with Gasteiger partial charge in [0.1, 0.15) is 5.76 Å². The Bertz CT molecular complexity index is 173. The number of aromatic nitrogens is 1. The summed E-state index contributed by atoms with van der Waals surface area (Å²) in [5, 5.41) is 0. The Kier molecular flexibility index (Phi) is 2.40. The van der Waals surface area contributed by atoms with Crippen molar-refractivity contribution >= 4 is 0 Å². The highest BCUT2D eigenvalue weighted by molar-refractivity contribution is 5.03. The fraction of sp³-hybridized carbons (Fsp3) is 0.500. The third kappa shape index (κ3) is 1.54. The topological polar surface area (TPSA) is 61.0 Å². The molecular formula is C6H12N2O. The van der Waals surface area contributed by atoms with Crippen molar-refractivity contribution in [3.63, 3.8) is 0 Å². The van der Waals surface area contributed by atoms with Gasteiger partial charge in [-0.3, -0.25) is 0 Å². The molecule has 1 aromatic heterocycles. The third-order valence-electron chi connectivity index (χ3n) is 1.14. The van der Waals surface area contributed by atoms with E-state index in [-0.39, 0.29) is 6.15 Å². The molecule has 0 aliphatic rings. The zero-order valence-electron chi connectivity index (χ0n) is 6.06. The van der Waals surface area contributed by atoms with Gasteiger partial charge in [-0.1, -0.05) is 0 Å². The van der Waals surface area contributed by atoms with Crippen LogP contribution in [0.15, 0.2) is 4.42 Å². The highest BCUT2D eigenvalue weighted by Gasteiger charge is 1.97. The highest BCUT2D eigenvalue weighted by Crippen LogP contribution is 2.05. The van der Waals surface area contributed by atoms with E-state index in [1.165, 1.54) is 0 Å². The minimum atomic E-state index is 0. The fourth-order valence-corrected chi connectivity index (χ4v) is 0.633. The van der Waals surface area contributed by atoms with Crippen LogP contribution in [0.5, 0.6) is 0 Å². The minimum Gasteiger partial charge on any atom is -0.446 e. The quantitative estimate of drug-likeness (QED) is 0.579. The van der Waals surface area contributed by atoms with Crippen LogP contribution >= 0.6 is 0 Å². The molecule has 0 unspecified atom stereocenters. The lowest BCUT2D eigenvalue weighted by Crippen LogP contribution is -1.71. The zero-order valence-corrected chi connectivity index (χ0v) is 6.06. The number of aryl methyl sites for hydroxylation is 3. The summed E-state index contributed by atoms with van der Waals surface area (Å²) in [7, 11) is 0. The molecule has 0 aliphatic heterocycles. The van der Waals surface area contributed by atoms with Crippen LogP contribution in [0.25, 0.3) is 0 Å². The molecule has 0 amide bonds. The van der Waals surface area contributed by atoms with E-state index in [0.717, 1.165) is 17.3 Å². The Hall–Kier alpha value is -0.830. The summed E-state index contributed by atoms with van der Waals surface area (Å²) in [6, 6.07) is 0. The molecule has 1 aromatic rings. The molecule has 1 rings (SSSR count). The second-order valence-corrected chi connectivity index (χ2v) is 1.87. The summed E-state index contributed by atoms with van der Waals surface area (Å²) in [6.45, 7) is 5.70. The van der Waals surface area contributed by atoms with Crippen molar-refractivity contribution in [2.45, 2.75) is 20.8 Å². The summed E-state index contributed by atoms with van der Waals surface area (Å²) in [4.78, 5) is 4.04. The van der Waals surface area contributed by atoms with Gasteiger partial charge >= 0.3 is 0 Å². The van der Waals surface area contributed by atoms with Crippen LogP contribution in [0.3, 0.4) is 0 Å². The molecule has 0 aliphatic carbocycles. The summed E-state index contributed by atoms with van der Waals surface area (Å²) in [5.41, 5.74) is 0.988. The number of oxazole rings is 1. The normalized spacial score (nSPS) is 8.78. The zero-order chi connectivity index (χ0) is 6.15. The Morgan fingerprint density at radius 1 is 1.22 bits per heavy atom. The van der Waals surface area contributed by atoms with Gasteiger partial charge < -0.3 is 10.6 Å². The van der Waals surface area contributed by atoms with Crippen molar-refractivity contribution in [1.82, 2.24) is 11.1 Å². The Morgan fingerprint density at radius 2 is 1.78 bits per heavy atom.